The molecule has 0 bridgehead atoms. The Morgan fingerprint density at radius 1 is 1.11 bits per heavy atom. The SMILES string of the molecule is CC(=O)ON1CCC2(CCN(C(=O)Cc3ccc(/C=N/NC(=O)OC(C)(C)C)cc3)CC2)OC1=O. The van der Waals surface area contributed by atoms with Gasteiger partial charge in [-0.3, -0.25) is 9.59 Å². The Labute approximate surface area is 204 Å². The van der Waals surface area contributed by atoms with Crippen molar-refractivity contribution in [3.63, 3.8) is 0 Å². The fraction of sp³-hybridized carbons (Fsp3) is 0.542. The molecule has 1 aromatic carbocycles. The van der Waals surface area contributed by atoms with Gasteiger partial charge in [0.15, 0.2) is 0 Å². The number of hydrogen-bond donors (Lipinski definition) is 1. The van der Waals surface area contributed by atoms with E-state index < -0.39 is 29.4 Å². The molecule has 0 aliphatic carbocycles. The molecule has 0 aromatic heterocycles. The standard InChI is InChI=1S/C24H32N4O7/c1-17(29)35-28-14-11-24(34-22(28)32)9-12-27(13-10-24)20(30)15-18-5-7-19(8-6-18)16-25-26-21(31)33-23(2,3)4/h5-8,16H,9-15H2,1-4H3,(H,26,31)/b25-16+. The third kappa shape index (κ3) is 7.69. The second-order valence-corrected chi connectivity index (χ2v) is 9.66. The number of carbonyl (C=O) groups is 4. The number of piperidine rings is 1. The van der Waals surface area contributed by atoms with Crippen LogP contribution in [0.4, 0.5) is 9.59 Å². The van der Waals surface area contributed by atoms with Gasteiger partial charge in [0.1, 0.15) is 11.2 Å². The molecule has 2 fully saturated rings. The van der Waals surface area contributed by atoms with Crippen LogP contribution in [0.2, 0.25) is 0 Å². The number of hydrogen-bond acceptors (Lipinski definition) is 8. The Morgan fingerprint density at radius 2 is 1.74 bits per heavy atom. The van der Waals surface area contributed by atoms with Crippen LogP contribution >= 0.6 is 0 Å². The monoisotopic (exact) mass is 488 g/mol. The first-order chi connectivity index (χ1) is 16.4. The molecule has 0 radical (unpaired) electrons. The fourth-order valence-electron chi connectivity index (χ4n) is 3.91. The molecule has 11 nitrogen and oxygen atoms in total. The summed E-state index contributed by atoms with van der Waals surface area (Å²) in [6.07, 6.45) is 2.06. The lowest BCUT2D eigenvalue weighted by Gasteiger charge is -2.44. The molecule has 1 N–H and O–H groups in total. The van der Waals surface area contributed by atoms with E-state index in [0.29, 0.717) is 32.4 Å². The fourth-order valence-corrected chi connectivity index (χ4v) is 3.91. The minimum Gasteiger partial charge on any atom is -0.443 e. The van der Waals surface area contributed by atoms with Crippen molar-refractivity contribution < 1.29 is 33.5 Å². The first-order valence-corrected chi connectivity index (χ1v) is 11.5. The average Bonchev–Trinajstić information content (AvgIpc) is 2.76. The van der Waals surface area contributed by atoms with E-state index in [9.17, 15) is 19.2 Å². The highest BCUT2D eigenvalue weighted by atomic mass is 16.8. The predicted molar refractivity (Wildman–Crippen MR) is 125 cm³/mol. The van der Waals surface area contributed by atoms with Gasteiger partial charge in [-0.1, -0.05) is 24.3 Å². The maximum Gasteiger partial charge on any atom is 0.443 e. The van der Waals surface area contributed by atoms with Gasteiger partial charge in [-0.25, -0.2) is 15.0 Å². The van der Waals surface area contributed by atoms with E-state index in [-0.39, 0.29) is 18.9 Å². The second kappa shape index (κ2) is 10.7. The summed E-state index contributed by atoms with van der Waals surface area (Å²) in [6, 6.07) is 7.30. The number of rotatable bonds is 5. The number of likely N-dealkylation sites (tertiary alicyclic amines) is 1. The molecule has 11 heteroatoms. The first-order valence-electron chi connectivity index (χ1n) is 11.5. The lowest BCUT2D eigenvalue weighted by Crippen LogP contribution is -2.55. The minimum atomic E-state index is -0.670. The summed E-state index contributed by atoms with van der Waals surface area (Å²) in [5.41, 5.74) is 2.70. The van der Waals surface area contributed by atoms with Gasteiger partial charge in [-0.05, 0) is 31.9 Å². The van der Waals surface area contributed by atoms with Gasteiger partial charge in [0.05, 0.1) is 19.2 Å². The number of carbonyl (C=O) groups excluding carboxylic acids is 4. The van der Waals surface area contributed by atoms with E-state index in [4.69, 9.17) is 14.3 Å². The van der Waals surface area contributed by atoms with E-state index in [1.165, 1.54) is 13.1 Å². The molecule has 0 saturated carbocycles. The Kier molecular flexibility index (Phi) is 7.98. The van der Waals surface area contributed by atoms with Crippen molar-refractivity contribution in [1.29, 1.82) is 0 Å². The van der Waals surface area contributed by atoms with Gasteiger partial charge >= 0.3 is 18.2 Å². The quantitative estimate of drug-likeness (QED) is 0.499. The van der Waals surface area contributed by atoms with E-state index in [2.05, 4.69) is 10.5 Å². The van der Waals surface area contributed by atoms with Gasteiger partial charge in [-0.2, -0.15) is 5.10 Å². The van der Waals surface area contributed by atoms with Gasteiger partial charge in [0.25, 0.3) is 0 Å². The number of hydrazone groups is 1. The van der Waals surface area contributed by atoms with Crippen LogP contribution in [0.3, 0.4) is 0 Å². The molecule has 0 unspecified atom stereocenters. The zero-order chi connectivity index (χ0) is 25.6. The van der Waals surface area contributed by atoms with E-state index in [0.717, 1.165) is 16.2 Å². The number of ether oxygens (including phenoxy) is 2. The van der Waals surface area contributed by atoms with E-state index >= 15 is 0 Å². The molecule has 2 heterocycles. The molecule has 2 saturated heterocycles. The van der Waals surface area contributed by atoms with Crippen LogP contribution in [0, 0.1) is 0 Å². The summed E-state index contributed by atoms with van der Waals surface area (Å²) in [5, 5.41) is 4.80. The van der Waals surface area contributed by atoms with Gasteiger partial charge in [0.2, 0.25) is 5.91 Å². The van der Waals surface area contributed by atoms with Gasteiger partial charge < -0.3 is 19.2 Å². The van der Waals surface area contributed by atoms with Crippen LogP contribution < -0.4 is 5.43 Å². The number of benzene rings is 1. The summed E-state index contributed by atoms with van der Waals surface area (Å²) in [5.74, 6) is -0.576. The lowest BCUT2D eigenvalue weighted by molar-refractivity contribution is -0.200. The van der Waals surface area contributed by atoms with E-state index in [1.54, 1.807) is 25.7 Å². The van der Waals surface area contributed by atoms with Crippen molar-refractivity contribution in [1.82, 2.24) is 15.4 Å². The topological polar surface area (TPSA) is 127 Å². The molecule has 2 aliphatic heterocycles. The number of nitrogens with one attached hydrogen (secondary N) is 1. The third-order valence-electron chi connectivity index (χ3n) is 5.65. The predicted octanol–water partition coefficient (Wildman–Crippen LogP) is 2.77. The van der Waals surface area contributed by atoms with Crippen LogP contribution in [0.1, 0.15) is 58.1 Å². The van der Waals surface area contributed by atoms with Crippen molar-refractivity contribution in [3.8, 4) is 0 Å². The zero-order valence-electron chi connectivity index (χ0n) is 20.5. The molecule has 190 valence electrons. The molecular weight excluding hydrogens is 456 g/mol. The van der Waals surface area contributed by atoms with Crippen LogP contribution in [0.25, 0.3) is 0 Å². The lowest BCUT2D eigenvalue weighted by atomic mass is 9.87. The molecule has 3 rings (SSSR count). The van der Waals surface area contributed by atoms with Crippen molar-refractivity contribution in [2.24, 2.45) is 5.10 Å². The minimum absolute atomic E-state index is 0.00321. The molecule has 1 aromatic rings. The number of hydroxylamine groups is 2. The maximum atomic E-state index is 12.8. The third-order valence-corrected chi connectivity index (χ3v) is 5.65. The summed E-state index contributed by atoms with van der Waals surface area (Å²) in [7, 11) is 0. The Bertz CT molecular complexity index is 977. The second-order valence-electron chi connectivity index (χ2n) is 9.66. The largest absolute Gasteiger partial charge is 0.443 e. The van der Waals surface area contributed by atoms with Crippen molar-refractivity contribution >= 4 is 30.3 Å². The van der Waals surface area contributed by atoms with Crippen LogP contribution in [0.15, 0.2) is 29.4 Å². The van der Waals surface area contributed by atoms with Crippen molar-refractivity contribution in [2.45, 2.75) is 64.6 Å². The van der Waals surface area contributed by atoms with Gasteiger partial charge in [0, 0.05) is 39.3 Å². The molecular formula is C24H32N4O7. The van der Waals surface area contributed by atoms with Crippen LogP contribution in [-0.2, 0) is 30.3 Å². The zero-order valence-corrected chi connectivity index (χ0v) is 20.5. The molecule has 2 aliphatic rings. The molecule has 3 amide bonds. The first kappa shape index (κ1) is 26.0. The average molecular weight is 489 g/mol. The number of amides is 3. The molecule has 1 spiro atoms. The molecule has 35 heavy (non-hydrogen) atoms. The smallest absolute Gasteiger partial charge is 0.443 e. The normalized spacial score (nSPS) is 17.8. The summed E-state index contributed by atoms with van der Waals surface area (Å²) in [4.78, 5) is 54.2. The van der Waals surface area contributed by atoms with Crippen LogP contribution in [-0.4, -0.2) is 71.1 Å². The highest BCUT2D eigenvalue weighted by molar-refractivity contribution is 5.82. The number of nitrogens with zero attached hydrogens (tertiary/aromatic N) is 3. The Hall–Kier alpha value is -3.63. The maximum absolute atomic E-state index is 12.8. The highest BCUT2D eigenvalue weighted by Gasteiger charge is 2.44. The highest BCUT2D eigenvalue weighted by Crippen LogP contribution is 2.34. The summed E-state index contributed by atoms with van der Waals surface area (Å²) in [6.45, 7) is 7.78. The Morgan fingerprint density at radius 3 is 2.31 bits per heavy atom. The van der Waals surface area contributed by atoms with Crippen LogP contribution in [0.5, 0.6) is 0 Å². The summed E-state index contributed by atoms with van der Waals surface area (Å²) < 4.78 is 10.7. The van der Waals surface area contributed by atoms with Crippen molar-refractivity contribution in [2.75, 3.05) is 19.6 Å². The molecule has 0 atom stereocenters. The summed E-state index contributed by atoms with van der Waals surface area (Å²) >= 11 is 0. The Balaban J connectivity index is 1.45. The van der Waals surface area contributed by atoms with Gasteiger partial charge in [-0.15, -0.1) is 5.06 Å². The van der Waals surface area contributed by atoms with Crippen molar-refractivity contribution in [3.05, 3.63) is 35.4 Å². The van der Waals surface area contributed by atoms with E-state index in [1.807, 2.05) is 24.3 Å².